The molecule has 7 heteroatoms. The van der Waals surface area contributed by atoms with Crippen LogP contribution in [0.2, 0.25) is 0 Å². The Morgan fingerprint density at radius 3 is 2.50 bits per heavy atom. The number of carbonyl (C=O) groups excluding carboxylic acids is 1. The van der Waals surface area contributed by atoms with Crippen LogP contribution in [0, 0.1) is 0 Å². The summed E-state index contributed by atoms with van der Waals surface area (Å²) >= 11 is 0. The fraction of sp³-hybridized carbons (Fsp3) is 0.316. The summed E-state index contributed by atoms with van der Waals surface area (Å²) in [5.41, 5.74) is 2.43. The molecule has 2 aromatic rings. The van der Waals surface area contributed by atoms with Gasteiger partial charge < -0.3 is 19.7 Å². The molecule has 2 aromatic carbocycles. The van der Waals surface area contributed by atoms with Crippen LogP contribution in [0.1, 0.15) is 5.56 Å². The second-order valence-electron chi connectivity index (χ2n) is 5.86. The molecule has 0 bridgehead atoms. The molecule has 1 amide bonds. The Balaban J connectivity index is 1.63. The van der Waals surface area contributed by atoms with E-state index < -0.39 is 6.61 Å². The van der Waals surface area contributed by atoms with Gasteiger partial charge in [-0.3, -0.25) is 4.79 Å². The van der Waals surface area contributed by atoms with Crippen molar-refractivity contribution in [3.8, 4) is 5.75 Å². The minimum absolute atomic E-state index is 0.0711. The van der Waals surface area contributed by atoms with Gasteiger partial charge in [0.1, 0.15) is 5.75 Å². The van der Waals surface area contributed by atoms with Crippen molar-refractivity contribution in [1.29, 1.82) is 0 Å². The van der Waals surface area contributed by atoms with Crippen molar-refractivity contribution < 1.29 is 23.0 Å². The highest BCUT2D eigenvalue weighted by molar-refractivity contribution is 5.95. The molecule has 1 N–H and O–H groups in total. The van der Waals surface area contributed by atoms with E-state index in [0.29, 0.717) is 18.8 Å². The van der Waals surface area contributed by atoms with E-state index in [0.717, 1.165) is 24.5 Å². The zero-order chi connectivity index (χ0) is 18.4. The lowest BCUT2D eigenvalue weighted by Crippen LogP contribution is -2.36. The molecular weight excluding hydrogens is 342 g/mol. The van der Waals surface area contributed by atoms with Crippen LogP contribution in [0.5, 0.6) is 5.75 Å². The number of halogens is 2. The summed E-state index contributed by atoms with van der Waals surface area (Å²) in [6, 6.07) is 13.7. The van der Waals surface area contributed by atoms with Crippen LogP contribution in [0.3, 0.4) is 0 Å². The topological polar surface area (TPSA) is 50.8 Å². The number of nitrogens with one attached hydrogen (secondary N) is 1. The molecule has 0 saturated carbocycles. The molecule has 0 aromatic heterocycles. The highest BCUT2D eigenvalue weighted by Gasteiger charge is 2.16. The number of alkyl halides is 2. The second-order valence-corrected chi connectivity index (χ2v) is 5.86. The van der Waals surface area contributed by atoms with Crippen molar-refractivity contribution in [3.05, 3.63) is 54.1 Å². The van der Waals surface area contributed by atoms with Gasteiger partial charge in [0.2, 0.25) is 5.91 Å². The number of para-hydroxylation sites is 2. The highest BCUT2D eigenvalue weighted by atomic mass is 19.3. The van der Waals surface area contributed by atoms with Crippen LogP contribution in [-0.2, 0) is 16.0 Å². The van der Waals surface area contributed by atoms with Crippen LogP contribution in [0.25, 0.3) is 0 Å². The molecule has 5 nitrogen and oxygen atoms in total. The quantitative estimate of drug-likeness (QED) is 0.857. The number of morpholine rings is 1. The molecule has 0 unspecified atom stereocenters. The maximum Gasteiger partial charge on any atom is 0.387 e. The fourth-order valence-corrected chi connectivity index (χ4v) is 2.83. The number of amides is 1. The highest BCUT2D eigenvalue weighted by Crippen LogP contribution is 2.26. The van der Waals surface area contributed by atoms with Crippen LogP contribution >= 0.6 is 0 Å². The number of rotatable bonds is 6. The monoisotopic (exact) mass is 362 g/mol. The summed E-state index contributed by atoms with van der Waals surface area (Å²) in [6.07, 6.45) is 0.145. The maximum atomic E-state index is 12.4. The van der Waals surface area contributed by atoms with E-state index >= 15 is 0 Å². The van der Waals surface area contributed by atoms with Gasteiger partial charge in [0.25, 0.3) is 0 Å². The number of hydrogen-bond donors (Lipinski definition) is 1. The first-order chi connectivity index (χ1) is 12.6. The van der Waals surface area contributed by atoms with Gasteiger partial charge in [-0.15, -0.1) is 0 Å². The van der Waals surface area contributed by atoms with Crippen molar-refractivity contribution in [2.24, 2.45) is 0 Å². The molecule has 1 aliphatic rings. The molecule has 0 spiro atoms. The first-order valence-corrected chi connectivity index (χ1v) is 8.37. The molecular formula is C19H20F2N2O3. The smallest absolute Gasteiger partial charge is 0.387 e. The van der Waals surface area contributed by atoms with Gasteiger partial charge in [0.05, 0.1) is 31.0 Å². The standard InChI is InChI=1S/C19H20F2N2O3/c20-19(21)26-15-7-5-14(6-8-15)13-18(24)22-16-3-1-2-4-17(16)23-9-11-25-12-10-23/h1-8,19H,9-13H2,(H,22,24). The zero-order valence-corrected chi connectivity index (χ0v) is 14.2. The van der Waals surface area contributed by atoms with Crippen molar-refractivity contribution >= 4 is 17.3 Å². The van der Waals surface area contributed by atoms with E-state index in [1.165, 1.54) is 12.1 Å². The third-order valence-electron chi connectivity index (χ3n) is 4.04. The number of hydrogen-bond acceptors (Lipinski definition) is 4. The number of anilines is 2. The zero-order valence-electron chi connectivity index (χ0n) is 14.2. The fourth-order valence-electron chi connectivity index (χ4n) is 2.83. The summed E-state index contributed by atoms with van der Waals surface area (Å²) in [6.45, 7) is 0.0163. The summed E-state index contributed by atoms with van der Waals surface area (Å²) < 4.78 is 34.0. The van der Waals surface area contributed by atoms with Crippen molar-refractivity contribution in [2.75, 3.05) is 36.5 Å². The van der Waals surface area contributed by atoms with Crippen LogP contribution in [-0.4, -0.2) is 38.8 Å². The van der Waals surface area contributed by atoms with E-state index in [1.807, 2.05) is 24.3 Å². The van der Waals surface area contributed by atoms with Gasteiger partial charge in [-0.05, 0) is 29.8 Å². The van der Waals surface area contributed by atoms with Crippen molar-refractivity contribution in [3.63, 3.8) is 0 Å². The maximum absolute atomic E-state index is 12.4. The molecule has 3 rings (SSSR count). The molecule has 0 aliphatic carbocycles. The Morgan fingerprint density at radius 2 is 1.81 bits per heavy atom. The van der Waals surface area contributed by atoms with Gasteiger partial charge in [-0.2, -0.15) is 8.78 Å². The molecule has 1 saturated heterocycles. The minimum atomic E-state index is -2.86. The van der Waals surface area contributed by atoms with E-state index in [4.69, 9.17) is 4.74 Å². The Labute approximate surface area is 150 Å². The lowest BCUT2D eigenvalue weighted by Gasteiger charge is -2.30. The normalized spacial score (nSPS) is 14.3. The van der Waals surface area contributed by atoms with Crippen molar-refractivity contribution in [1.82, 2.24) is 0 Å². The Bertz CT molecular complexity index is 732. The third kappa shape index (κ3) is 4.92. The largest absolute Gasteiger partial charge is 0.435 e. The lowest BCUT2D eigenvalue weighted by molar-refractivity contribution is -0.115. The van der Waals surface area contributed by atoms with Gasteiger partial charge in [0, 0.05) is 13.1 Å². The molecule has 1 fully saturated rings. The molecule has 1 aliphatic heterocycles. The predicted molar refractivity (Wildman–Crippen MR) is 94.9 cm³/mol. The number of carbonyl (C=O) groups is 1. The van der Waals surface area contributed by atoms with Gasteiger partial charge in [-0.1, -0.05) is 24.3 Å². The first kappa shape index (κ1) is 18.1. The summed E-state index contributed by atoms with van der Waals surface area (Å²) in [4.78, 5) is 14.6. The summed E-state index contributed by atoms with van der Waals surface area (Å²) in [7, 11) is 0. The van der Waals surface area contributed by atoms with Gasteiger partial charge in [-0.25, -0.2) is 0 Å². The van der Waals surface area contributed by atoms with E-state index in [-0.39, 0.29) is 18.1 Å². The minimum Gasteiger partial charge on any atom is -0.435 e. The third-order valence-corrected chi connectivity index (χ3v) is 4.04. The van der Waals surface area contributed by atoms with E-state index in [1.54, 1.807) is 12.1 Å². The number of benzene rings is 2. The SMILES string of the molecule is O=C(Cc1ccc(OC(F)F)cc1)Nc1ccccc1N1CCOCC1. The van der Waals surface area contributed by atoms with Gasteiger partial charge in [0.15, 0.2) is 0 Å². The van der Waals surface area contributed by atoms with Crippen LogP contribution < -0.4 is 15.0 Å². The second kappa shape index (κ2) is 8.62. The summed E-state index contributed by atoms with van der Waals surface area (Å²) in [5.74, 6) is -0.102. The lowest BCUT2D eigenvalue weighted by atomic mass is 10.1. The molecule has 138 valence electrons. The van der Waals surface area contributed by atoms with E-state index in [9.17, 15) is 13.6 Å². The molecule has 26 heavy (non-hydrogen) atoms. The van der Waals surface area contributed by atoms with Crippen molar-refractivity contribution in [2.45, 2.75) is 13.0 Å². The first-order valence-electron chi connectivity index (χ1n) is 8.37. The van der Waals surface area contributed by atoms with Gasteiger partial charge >= 0.3 is 6.61 Å². The van der Waals surface area contributed by atoms with Crippen LogP contribution in [0.15, 0.2) is 48.5 Å². The van der Waals surface area contributed by atoms with Crippen LogP contribution in [0.4, 0.5) is 20.2 Å². The average Bonchev–Trinajstić information content (AvgIpc) is 2.64. The Morgan fingerprint density at radius 1 is 1.12 bits per heavy atom. The number of ether oxygens (including phenoxy) is 2. The predicted octanol–water partition coefficient (Wildman–Crippen LogP) is 3.31. The molecule has 1 heterocycles. The number of nitrogens with zero attached hydrogens (tertiary/aromatic N) is 1. The molecule has 0 radical (unpaired) electrons. The van der Waals surface area contributed by atoms with E-state index in [2.05, 4.69) is 15.0 Å². The molecule has 0 atom stereocenters. The summed E-state index contributed by atoms with van der Waals surface area (Å²) in [5, 5.41) is 2.93. The average molecular weight is 362 g/mol. The Hall–Kier alpha value is -2.67. The Kier molecular flexibility index (Phi) is 6.01.